The Hall–Kier alpha value is -2.11. The van der Waals surface area contributed by atoms with Gasteiger partial charge >= 0.3 is 0 Å². The summed E-state index contributed by atoms with van der Waals surface area (Å²) in [6.07, 6.45) is 1.30. The average Bonchev–Trinajstić information content (AvgIpc) is 2.52. The van der Waals surface area contributed by atoms with Crippen LogP contribution in [0.1, 0.15) is 32.3 Å². The first-order chi connectivity index (χ1) is 10.7. The highest BCUT2D eigenvalue weighted by Gasteiger charge is 2.03. The van der Waals surface area contributed by atoms with Crippen LogP contribution in [0.4, 0.5) is 4.39 Å². The molecule has 5 nitrogen and oxygen atoms in total. The Kier molecular flexibility index (Phi) is 8.64. The van der Waals surface area contributed by atoms with Crippen LogP contribution in [0, 0.1) is 5.82 Å². The molecule has 1 aromatic rings. The van der Waals surface area contributed by atoms with Crippen LogP contribution in [-0.2, 0) is 11.3 Å². The number of hydrogen-bond donors (Lipinski definition) is 3. The van der Waals surface area contributed by atoms with E-state index in [2.05, 4.69) is 20.9 Å². The predicted octanol–water partition coefficient (Wildman–Crippen LogP) is 1.80. The summed E-state index contributed by atoms with van der Waals surface area (Å²) in [5, 5.41) is 8.96. The van der Waals surface area contributed by atoms with Crippen molar-refractivity contribution in [3.63, 3.8) is 0 Å². The molecule has 0 saturated carbocycles. The van der Waals surface area contributed by atoms with Gasteiger partial charge in [-0.05, 0) is 19.4 Å². The Morgan fingerprint density at radius 3 is 2.59 bits per heavy atom. The largest absolute Gasteiger partial charge is 0.357 e. The number of nitrogens with zero attached hydrogens (tertiary/aromatic N) is 1. The molecule has 0 atom stereocenters. The monoisotopic (exact) mass is 308 g/mol. The third-order valence-corrected chi connectivity index (χ3v) is 2.93. The highest BCUT2D eigenvalue weighted by molar-refractivity contribution is 5.81. The summed E-state index contributed by atoms with van der Waals surface area (Å²) in [5.41, 5.74) is 0.542. The zero-order valence-electron chi connectivity index (χ0n) is 13.3. The Morgan fingerprint density at radius 2 is 1.91 bits per heavy atom. The van der Waals surface area contributed by atoms with Crippen molar-refractivity contribution in [2.24, 2.45) is 4.99 Å². The molecule has 6 heteroatoms. The first kappa shape index (κ1) is 17.9. The molecule has 0 aliphatic rings. The molecular weight excluding hydrogens is 283 g/mol. The van der Waals surface area contributed by atoms with Gasteiger partial charge in [-0.2, -0.15) is 0 Å². The fraction of sp³-hybridized carbons (Fsp3) is 0.500. The summed E-state index contributed by atoms with van der Waals surface area (Å²) in [6, 6.07) is 6.57. The van der Waals surface area contributed by atoms with Crippen molar-refractivity contribution in [3.8, 4) is 0 Å². The normalized spacial score (nSPS) is 11.1. The number of guanidine groups is 1. The number of nitrogens with one attached hydrogen (secondary N) is 3. The van der Waals surface area contributed by atoms with Crippen LogP contribution < -0.4 is 16.0 Å². The van der Waals surface area contributed by atoms with E-state index in [1.807, 2.05) is 13.8 Å². The fourth-order valence-corrected chi connectivity index (χ4v) is 1.78. The van der Waals surface area contributed by atoms with Crippen molar-refractivity contribution in [1.82, 2.24) is 16.0 Å². The smallest absolute Gasteiger partial charge is 0.221 e. The molecule has 1 aromatic carbocycles. The minimum atomic E-state index is -0.263. The van der Waals surface area contributed by atoms with Gasteiger partial charge in [-0.25, -0.2) is 9.38 Å². The Labute approximate surface area is 131 Å². The number of hydrogen-bond acceptors (Lipinski definition) is 2. The number of carbonyl (C=O) groups excluding carboxylic acids is 1. The van der Waals surface area contributed by atoms with Gasteiger partial charge in [0.15, 0.2) is 5.96 Å². The molecular formula is C16H25FN4O. The number of carbonyl (C=O) groups is 1. The van der Waals surface area contributed by atoms with Gasteiger partial charge in [0.25, 0.3) is 0 Å². The molecule has 122 valence electrons. The summed E-state index contributed by atoms with van der Waals surface area (Å²) in [6.45, 7) is 6.10. The summed E-state index contributed by atoms with van der Waals surface area (Å²) >= 11 is 0. The maximum absolute atomic E-state index is 13.5. The number of halogens is 1. The molecule has 0 aliphatic carbocycles. The molecule has 0 radical (unpaired) electrons. The lowest BCUT2D eigenvalue weighted by Gasteiger charge is -2.11. The van der Waals surface area contributed by atoms with Crippen molar-refractivity contribution in [1.29, 1.82) is 0 Å². The highest BCUT2D eigenvalue weighted by Crippen LogP contribution is 2.07. The zero-order valence-corrected chi connectivity index (χ0v) is 13.3. The second kappa shape index (κ2) is 10.6. The van der Waals surface area contributed by atoms with Crippen LogP contribution in [0.5, 0.6) is 0 Å². The molecule has 1 amide bonds. The second-order valence-electron chi connectivity index (χ2n) is 4.81. The summed E-state index contributed by atoms with van der Waals surface area (Å²) < 4.78 is 13.5. The molecule has 0 fully saturated rings. The average molecular weight is 308 g/mol. The van der Waals surface area contributed by atoms with E-state index in [1.54, 1.807) is 18.2 Å². The van der Waals surface area contributed by atoms with Gasteiger partial charge in [0, 0.05) is 31.6 Å². The lowest BCUT2D eigenvalue weighted by atomic mass is 10.2. The molecule has 0 unspecified atom stereocenters. The summed E-state index contributed by atoms with van der Waals surface area (Å²) in [4.78, 5) is 15.8. The van der Waals surface area contributed by atoms with Gasteiger partial charge in [0.2, 0.25) is 5.91 Å². The Balaban J connectivity index is 2.45. The SMILES string of the molecule is CCCNC(=O)CCNC(=NCc1ccccc1F)NCC. The number of aliphatic imine (C=N–C) groups is 1. The third kappa shape index (κ3) is 7.06. The first-order valence-electron chi connectivity index (χ1n) is 7.69. The van der Waals surface area contributed by atoms with Crippen molar-refractivity contribution in [2.45, 2.75) is 33.2 Å². The molecule has 0 saturated heterocycles. The minimum Gasteiger partial charge on any atom is -0.357 e. The molecule has 0 bridgehead atoms. The maximum atomic E-state index is 13.5. The first-order valence-corrected chi connectivity index (χ1v) is 7.69. The molecule has 1 rings (SSSR count). The van der Waals surface area contributed by atoms with Gasteiger partial charge in [0.1, 0.15) is 5.82 Å². The standard InChI is InChI=1S/C16H25FN4O/c1-3-10-19-15(22)9-11-20-16(18-4-2)21-12-13-7-5-6-8-14(13)17/h5-8H,3-4,9-12H2,1-2H3,(H,19,22)(H2,18,20,21). The number of benzene rings is 1. The molecule has 0 aromatic heterocycles. The van der Waals surface area contributed by atoms with Crippen molar-refractivity contribution in [3.05, 3.63) is 35.6 Å². The quantitative estimate of drug-likeness (QED) is 0.507. The van der Waals surface area contributed by atoms with E-state index in [1.165, 1.54) is 6.07 Å². The van der Waals surface area contributed by atoms with E-state index < -0.39 is 0 Å². The Bertz CT molecular complexity index is 491. The van der Waals surface area contributed by atoms with Crippen LogP contribution in [0.25, 0.3) is 0 Å². The van der Waals surface area contributed by atoms with E-state index in [0.717, 1.165) is 6.42 Å². The van der Waals surface area contributed by atoms with Crippen molar-refractivity contribution < 1.29 is 9.18 Å². The second-order valence-corrected chi connectivity index (χ2v) is 4.81. The van der Waals surface area contributed by atoms with Gasteiger partial charge in [-0.3, -0.25) is 4.79 Å². The van der Waals surface area contributed by atoms with Crippen LogP contribution in [0.15, 0.2) is 29.3 Å². The van der Waals surface area contributed by atoms with Crippen LogP contribution in [-0.4, -0.2) is 31.5 Å². The molecule has 0 heterocycles. The Morgan fingerprint density at radius 1 is 1.14 bits per heavy atom. The molecule has 0 spiro atoms. The van der Waals surface area contributed by atoms with E-state index >= 15 is 0 Å². The third-order valence-electron chi connectivity index (χ3n) is 2.93. The number of amides is 1. The van der Waals surface area contributed by atoms with Crippen molar-refractivity contribution in [2.75, 3.05) is 19.6 Å². The van der Waals surface area contributed by atoms with Gasteiger partial charge in [-0.1, -0.05) is 25.1 Å². The maximum Gasteiger partial charge on any atom is 0.221 e. The van der Waals surface area contributed by atoms with Crippen LogP contribution in [0.3, 0.4) is 0 Å². The fourth-order valence-electron chi connectivity index (χ4n) is 1.78. The van der Waals surface area contributed by atoms with Crippen molar-refractivity contribution >= 4 is 11.9 Å². The lowest BCUT2D eigenvalue weighted by Crippen LogP contribution is -2.39. The van der Waals surface area contributed by atoms with Crippen LogP contribution >= 0.6 is 0 Å². The highest BCUT2D eigenvalue weighted by atomic mass is 19.1. The molecule has 3 N–H and O–H groups in total. The van der Waals surface area contributed by atoms with Crippen LogP contribution in [0.2, 0.25) is 0 Å². The minimum absolute atomic E-state index is 0.0132. The number of rotatable bonds is 8. The predicted molar refractivity (Wildman–Crippen MR) is 87.1 cm³/mol. The van der Waals surface area contributed by atoms with E-state index in [0.29, 0.717) is 37.6 Å². The van der Waals surface area contributed by atoms with Gasteiger partial charge in [0.05, 0.1) is 6.54 Å². The molecule has 0 aliphatic heterocycles. The zero-order chi connectivity index (χ0) is 16.2. The lowest BCUT2D eigenvalue weighted by molar-refractivity contribution is -0.120. The molecule has 22 heavy (non-hydrogen) atoms. The van der Waals surface area contributed by atoms with Gasteiger partial charge < -0.3 is 16.0 Å². The summed E-state index contributed by atoms with van der Waals surface area (Å²) in [5.74, 6) is 0.328. The van der Waals surface area contributed by atoms with E-state index in [4.69, 9.17) is 0 Å². The van der Waals surface area contributed by atoms with Gasteiger partial charge in [-0.15, -0.1) is 0 Å². The van der Waals surface area contributed by atoms with E-state index in [9.17, 15) is 9.18 Å². The topological polar surface area (TPSA) is 65.5 Å². The summed E-state index contributed by atoms with van der Waals surface area (Å²) in [7, 11) is 0. The van der Waals surface area contributed by atoms with E-state index in [-0.39, 0.29) is 18.3 Å².